The smallest absolute Gasteiger partial charge is 0.337 e. The molecule has 0 unspecified atom stereocenters. The van der Waals surface area contributed by atoms with Crippen molar-refractivity contribution in [3.05, 3.63) is 46.8 Å². The van der Waals surface area contributed by atoms with Crippen molar-refractivity contribution in [1.29, 1.82) is 0 Å². The Hall–Kier alpha value is -2.63. The molecule has 0 fully saturated rings. The normalized spacial score (nSPS) is 10.2. The van der Waals surface area contributed by atoms with Crippen LogP contribution in [0.2, 0.25) is 0 Å². The van der Waals surface area contributed by atoms with Gasteiger partial charge in [-0.15, -0.1) is 0 Å². The quantitative estimate of drug-likeness (QED) is 0.874. The third-order valence-electron chi connectivity index (χ3n) is 3.05. The molecule has 1 aromatic heterocycles. The highest BCUT2D eigenvalue weighted by Gasteiger charge is 2.19. The Morgan fingerprint density at radius 3 is 2.52 bits per heavy atom. The van der Waals surface area contributed by atoms with Gasteiger partial charge in [0.2, 0.25) is 0 Å². The first kappa shape index (κ1) is 14.8. The highest BCUT2D eigenvalue weighted by molar-refractivity contribution is 6.05. The first-order chi connectivity index (χ1) is 10.1. The van der Waals surface area contributed by atoms with Crippen molar-refractivity contribution in [3.63, 3.8) is 0 Å². The van der Waals surface area contributed by atoms with Crippen LogP contribution in [0, 0.1) is 6.92 Å². The number of nitrogens with zero attached hydrogens (tertiary/aromatic N) is 1. The Morgan fingerprint density at radius 1 is 1.29 bits per heavy atom. The second-order valence-corrected chi connectivity index (χ2v) is 4.44. The molecule has 2 rings (SSSR count). The summed E-state index contributed by atoms with van der Waals surface area (Å²) in [6, 6.07) is 6.45. The molecule has 1 N–H and O–H groups in total. The van der Waals surface area contributed by atoms with Crippen LogP contribution < -0.4 is 5.32 Å². The summed E-state index contributed by atoms with van der Waals surface area (Å²) >= 11 is 0. The zero-order valence-electron chi connectivity index (χ0n) is 12.1. The number of ether oxygens (including phenoxy) is 1. The molecule has 0 saturated heterocycles. The fourth-order valence-electron chi connectivity index (χ4n) is 1.95. The number of methoxy groups -OCH3 is 1. The van der Waals surface area contributed by atoms with E-state index in [2.05, 4.69) is 15.2 Å². The molecule has 21 heavy (non-hydrogen) atoms. The molecule has 6 nitrogen and oxygen atoms in total. The van der Waals surface area contributed by atoms with E-state index in [0.717, 1.165) is 0 Å². The molecule has 0 aliphatic carbocycles. The number of carbonyl (C=O) groups is 2. The van der Waals surface area contributed by atoms with E-state index in [0.29, 0.717) is 34.7 Å². The molecule has 0 saturated carbocycles. The molecular weight excluding hydrogens is 272 g/mol. The number of hydrogen-bond acceptors (Lipinski definition) is 5. The lowest BCUT2D eigenvalue weighted by Crippen LogP contribution is -2.14. The summed E-state index contributed by atoms with van der Waals surface area (Å²) in [6.45, 7) is 3.61. The van der Waals surface area contributed by atoms with E-state index in [1.807, 2.05) is 6.92 Å². The summed E-state index contributed by atoms with van der Waals surface area (Å²) < 4.78 is 9.71. The monoisotopic (exact) mass is 288 g/mol. The molecule has 0 atom stereocenters. The van der Waals surface area contributed by atoms with Gasteiger partial charge in [-0.3, -0.25) is 4.79 Å². The van der Waals surface area contributed by atoms with Crippen LogP contribution in [-0.4, -0.2) is 24.1 Å². The Kier molecular flexibility index (Phi) is 4.37. The highest BCUT2D eigenvalue weighted by atomic mass is 16.5. The zero-order valence-corrected chi connectivity index (χ0v) is 12.1. The number of amides is 1. The largest absolute Gasteiger partial charge is 0.465 e. The number of esters is 1. The van der Waals surface area contributed by atoms with Gasteiger partial charge >= 0.3 is 5.97 Å². The van der Waals surface area contributed by atoms with Crippen LogP contribution in [0.25, 0.3) is 0 Å². The Morgan fingerprint density at radius 2 is 1.95 bits per heavy atom. The number of benzene rings is 1. The van der Waals surface area contributed by atoms with Crippen LogP contribution >= 0.6 is 0 Å². The third-order valence-corrected chi connectivity index (χ3v) is 3.05. The minimum atomic E-state index is -0.420. The van der Waals surface area contributed by atoms with Crippen LogP contribution in [-0.2, 0) is 11.2 Å². The van der Waals surface area contributed by atoms with Gasteiger partial charge in [-0.2, -0.15) is 0 Å². The summed E-state index contributed by atoms with van der Waals surface area (Å²) in [5.41, 5.74) is 2.01. The van der Waals surface area contributed by atoms with Crippen molar-refractivity contribution >= 4 is 17.6 Å². The van der Waals surface area contributed by atoms with Gasteiger partial charge in [0.15, 0.2) is 0 Å². The summed E-state index contributed by atoms with van der Waals surface area (Å²) in [7, 11) is 1.32. The Labute approximate surface area is 122 Å². The maximum atomic E-state index is 12.2. The topological polar surface area (TPSA) is 81.4 Å². The van der Waals surface area contributed by atoms with Crippen molar-refractivity contribution in [2.75, 3.05) is 12.4 Å². The van der Waals surface area contributed by atoms with Gasteiger partial charge < -0.3 is 14.6 Å². The summed E-state index contributed by atoms with van der Waals surface area (Å²) in [5, 5.41) is 6.55. The summed E-state index contributed by atoms with van der Waals surface area (Å²) in [4.78, 5) is 23.6. The lowest BCUT2D eigenvalue weighted by atomic mass is 10.1. The first-order valence-corrected chi connectivity index (χ1v) is 6.51. The summed E-state index contributed by atoms with van der Waals surface area (Å²) in [6.07, 6.45) is 0.588. The average molecular weight is 288 g/mol. The van der Waals surface area contributed by atoms with E-state index in [4.69, 9.17) is 4.52 Å². The number of rotatable bonds is 4. The molecule has 1 aromatic carbocycles. The van der Waals surface area contributed by atoms with Crippen molar-refractivity contribution < 1.29 is 18.8 Å². The van der Waals surface area contributed by atoms with Crippen LogP contribution in [0.5, 0.6) is 0 Å². The van der Waals surface area contributed by atoms with Crippen molar-refractivity contribution in [2.45, 2.75) is 20.3 Å². The lowest BCUT2D eigenvalue weighted by Gasteiger charge is -2.06. The number of aryl methyl sites for hydroxylation is 2. The lowest BCUT2D eigenvalue weighted by molar-refractivity contribution is 0.0600. The average Bonchev–Trinajstić information content (AvgIpc) is 2.88. The molecule has 0 aliphatic heterocycles. The SMILES string of the molecule is CCc1onc(C)c1C(=O)Nc1ccc(C(=O)OC)cc1. The van der Waals surface area contributed by atoms with E-state index < -0.39 is 5.97 Å². The van der Waals surface area contributed by atoms with Gasteiger partial charge in [-0.1, -0.05) is 12.1 Å². The van der Waals surface area contributed by atoms with Gasteiger partial charge in [0.05, 0.1) is 18.4 Å². The van der Waals surface area contributed by atoms with Gasteiger partial charge in [-0.05, 0) is 31.2 Å². The molecule has 0 aliphatic rings. The fraction of sp³-hybridized carbons (Fsp3) is 0.267. The van der Waals surface area contributed by atoms with Crippen LogP contribution in [0.4, 0.5) is 5.69 Å². The minimum absolute atomic E-state index is 0.281. The molecule has 2 aromatic rings. The van der Waals surface area contributed by atoms with Crippen LogP contribution in [0.15, 0.2) is 28.8 Å². The molecule has 1 amide bonds. The predicted molar refractivity (Wildman–Crippen MR) is 76.4 cm³/mol. The number of nitrogens with one attached hydrogen (secondary N) is 1. The first-order valence-electron chi connectivity index (χ1n) is 6.51. The van der Waals surface area contributed by atoms with Crippen LogP contribution in [0.3, 0.4) is 0 Å². The van der Waals surface area contributed by atoms with E-state index in [1.165, 1.54) is 7.11 Å². The van der Waals surface area contributed by atoms with Gasteiger partial charge in [0.1, 0.15) is 11.3 Å². The molecule has 0 bridgehead atoms. The molecule has 0 spiro atoms. The molecule has 1 heterocycles. The van der Waals surface area contributed by atoms with Gasteiger partial charge in [0, 0.05) is 12.1 Å². The fourth-order valence-corrected chi connectivity index (χ4v) is 1.95. The second kappa shape index (κ2) is 6.21. The standard InChI is InChI=1S/C15H16N2O4/c1-4-12-13(9(2)17-21-12)14(18)16-11-7-5-10(6-8-11)15(19)20-3/h5-8H,4H2,1-3H3,(H,16,18). The van der Waals surface area contributed by atoms with E-state index in [9.17, 15) is 9.59 Å². The van der Waals surface area contributed by atoms with Crippen molar-refractivity contribution in [2.24, 2.45) is 0 Å². The second-order valence-electron chi connectivity index (χ2n) is 4.44. The number of anilines is 1. The molecule has 110 valence electrons. The minimum Gasteiger partial charge on any atom is -0.465 e. The Balaban J connectivity index is 2.16. The maximum absolute atomic E-state index is 12.2. The van der Waals surface area contributed by atoms with Crippen LogP contribution in [0.1, 0.15) is 39.1 Å². The predicted octanol–water partition coefficient (Wildman–Crippen LogP) is 2.58. The van der Waals surface area contributed by atoms with Gasteiger partial charge in [0.25, 0.3) is 5.91 Å². The van der Waals surface area contributed by atoms with E-state index in [1.54, 1.807) is 31.2 Å². The van der Waals surface area contributed by atoms with Crippen molar-refractivity contribution in [3.8, 4) is 0 Å². The number of aromatic nitrogens is 1. The Bertz CT molecular complexity index is 659. The molecule has 6 heteroatoms. The highest BCUT2D eigenvalue weighted by Crippen LogP contribution is 2.17. The van der Waals surface area contributed by atoms with Crippen molar-refractivity contribution in [1.82, 2.24) is 5.16 Å². The number of carbonyl (C=O) groups excluding carboxylic acids is 2. The number of hydrogen-bond donors (Lipinski definition) is 1. The van der Waals surface area contributed by atoms with E-state index >= 15 is 0 Å². The van der Waals surface area contributed by atoms with Gasteiger partial charge in [-0.25, -0.2) is 4.79 Å². The van der Waals surface area contributed by atoms with E-state index in [-0.39, 0.29) is 5.91 Å². The maximum Gasteiger partial charge on any atom is 0.337 e. The zero-order chi connectivity index (χ0) is 15.4. The third kappa shape index (κ3) is 3.10. The molecule has 0 radical (unpaired) electrons. The summed E-state index contributed by atoms with van der Waals surface area (Å²) in [5.74, 6) is -0.149. The molecular formula is C15H16N2O4.